The summed E-state index contributed by atoms with van der Waals surface area (Å²) in [5, 5.41) is 6.14. The van der Waals surface area contributed by atoms with Crippen LogP contribution in [-0.4, -0.2) is 22.8 Å². The standard InChI is InChI=1S/C17H20F3N5/c1-13-11-25(12-23-13)9-3-8-22-16(10-21-2)24-15-6-4-14(5-7-15)17(18,19)20/h4-7,10-12,22,24H,2-3,8-9H2,1H3/b16-10+. The number of nitrogens with one attached hydrogen (secondary N) is 2. The second-order valence-electron chi connectivity index (χ2n) is 5.46. The van der Waals surface area contributed by atoms with E-state index in [1.54, 1.807) is 6.33 Å². The van der Waals surface area contributed by atoms with E-state index in [2.05, 4.69) is 27.3 Å². The Morgan fingerprint density at radius 1 is 1.32 bits per heavy atom. The number of halogens is 3. The van der Waals surface area contributed by atoms with Crippen molar-refractivity contribution in [1.29, 1.82) is 0 Å². The zero-order valence-electron chi connectivity index (χ0n) is 13.8. The summed E-state index contributed by atoms with van der Waals surface area (Å²) in [5.74, 6) is 0.566. The van der Waals surface area contributed by atoms with Gasteiger partial charge in [-0.05, 0) is 44.3 Å². The molecule has 0 aliphatic heterocycles. The number of hydrogen-bond acceptors (Lipinski definition) is 4. The third-order valence-electron chi connectivity index (χ3n) is 3.38. The lowest BCUT2D eigenvalue weighted by Gasteiger charge is -2.14. The molecule has 5 nitrogen and oxygen atoms in total. The minimum atomic E-state index is -4.34. The van der Waals surface area contributed by atoms with E-state index in [4.69, 9.17) is 0 Å². The monoisotopic (exact) mass is 351 g/mol. The van der Waals surface area contributed by atoms with Gasteiger partial charge in [-0.15, -0.1) is 0 Å². The molecular formula is C17H20F3N5. The second kappa shape index (κ2) is 8.36. The van der Waals surface area contributed by atoms with Gasteiger partial charge in [-0.25, -0.2) is 4.98 Å². The summed E-state index contributed by atoms with van der Waals surface area (Å²) >= 11 is 0. The molecule has 0 radical (unpaired) electrons. The van der Waals surface area contributed by atoms with E-state index in [1.165, 1.54) is 18.3 Å². The van der Waals surface area contributed by atoms with Crippen LogP contribution in [0.25, 0.3) is 0 Å². The van der Waals surface area contributed by atoms with Crippen molar-refractivity contribution >= 4 is 12.4 Å². The Kier molecular flexibility index (Phi) is 6.21. The Balaban J connectivity index is 1.86. The Labute approximate surface area is 144 Å². The molecule has 1 aromatic heterocycles. The van der Waals surface area contributed by atoms with Gasteiger partial charge < -0.3 is 15.2 Å². The summed E-state index contributed by atoms with van der Waals surface area (Å²) in [4.78, 5) is 7.85. The summed E-state index contributed by atoms with van der Waals surface area (Å²) in [7, 11) is 0. The van der Waals surface area contributed by atoms with Gasteiger partial charge >= 0.3 is 6.18 Å². The van der Waals surface area contributed by atoms with Crippen LogP contribution < -0.4 is 10.6 Å². The molecule has 1 heterocycles. The number of aromatic nitrogens is 2. The quantitative estimate of drug-likeness (QED) is 0.562. The average molecular weight is 351 g/mol. The van der Waals surface area contributed by atoms with Crippen LogP contribution in [0.15, 0.2) is 53.8 Å². The van der Waals surface area contributed by atoms with Crippen LogP contribution in [0.4, 0.5) is 18.9 Å². The number of benzene rings is 1. The minimum Gasteiger partial charge on any atom is -0.370 e. The number of nitrogens with zero attached hydrogens (tertiary/aromatic N) is 3. The maximum absolute atomic E-state index is 12.6. The number of aryl methyl sites for hydroxylation is 2. The van der Waals surface area contributed by atoms with Gasteiger partial charge in [0.15, 0.2) is 0 Å². The molecule has 1 aromatic carbocycles. The van der Waals surface area contributed by atoms with Crippen LogP contribution in [0.1, 0.15) is 17.7 Å². The van der Waals surface area contributed by atoms with Crippen LogP contribution in [0.5, 0.6) is 0 Å². The molecule has 0 aliphatic rings. The van der Waals surface area contributed by atoms with E-state index in [1.807, 2.05) is 17.7 Å². The number of anilines is 1. The van der Waals surface area contributed by atoms with Crippen molar-refractivity contribution in [2.75, 3.05) is 11.9 Å². The van der Waals surface area contributed by atoms with Gasteiger partial charge in [-0.1, -0.05) is 0 Å². The van der Waals surface area contributed by atoms with Gasteiger partial charge in [0, 0.05) is 25.0 Å². The zero-order chi connectivity index (χ0) is 18.3. The molecule has 2 rings (SSSR count). The van der Waals surface area contributed by atoms with Crippen LogP contribution in [0.3, 0.4) is 0 Å². The normalized spacial score (nSPS) is 12.1. The van der Waals surface area contributed by atoms with Gasteiger partial charge in [-0.2, -0.15) is 13.2 Å². The SMILES string of the molecule is C=N/C=C(\NCCCn1cnc(C)c1)Nc1ccc(C(F)(F)F)cc1. The van der Waals surface area contributed by atoms with Crippen molar-refractivity contribution < 1.29 is 13.2 Å². The Bertz CT molecular complexity index is 717. The molecule has 25 heavy (non-hydrogen) atoms. The molecule has 0 unspecified atom stereocenters. The number of hydrogen-bond donors (Lipinski definition) is 2. The van der Waals surface area contributed by atoms with Gasteiger partial charge in [0.2, 0.25) is 0 Å². The molecule has 0 spiro atoms. The van der Waals surface area contributed by atoms with Crippen LogP contribution in [0, 0.1) is 6.92 Å². The molecule has 134 valence electrons. The predicted molar refractivity (Wildman–Crippen MR) is 92.3 cm³/mol. The first-order chi connectivity index (χ1) is 11.9. The lowest BCUT2D eigenvalue weighted by Crippen LogP contribution is -2.21. The molecule has 2 aromatic rings. The molecule has 2 N–H and O–H groups in total. The van der Waals surface area contributed by atoms with Crippen molar-refractivity contribution in [3.05, 3.63) is 60.1 Å². The molecule has 0 bridgehead atoms. The molecule has 0 atom stereocenters. The lowest BCUT2D eigenvalue weighted by atomic mass is 10.2. The Morgan fingerprint density at radius 2 is 2.04 bits per heavy atom. The van der Waals surface area contributed by atoms with Gasteiger partial charge in [0.1, 0.15) is 5.82 Å². The van der Waals surface area contributed by atoms with Gasteiger partial charge in [0.05, 0.1) is 23.8 Å². The number of imidazole rings is 1. The maximum Gasteiger partial charge on any atom is 0.416 e. The summed E-state index contributed by atoms with van der Waals surface area (Å²) < 4.78 is 39.7. The maximum atomic E-state index is 12.6. The van der Waals surface area contributed by atoms with E-state index in [-0.39, 0.29) is 0 Å². The molecule has 0 saturated heterocycles. The lowest BCUT2D eigenvalue weighted by molar-refractivity contribution is -0.137. The highest BCUT2D eigenvalue weighted by Crippen LogP contribution is 2.29. The topological polar surface area (TPSA) is 54.2 Å². The van der Waals surface area contributed by atoms with Crippen molar-refractivity contribution in [3.8, 4) is 0 Å². The highest BCUT2D eigenvalue weighted by molar-refractivity contribution is 5.49. The third kappa shape index (κ3) is 5.98. The summed E-state index contributed by atoms with van der Waals surface area (Å²) in [6, 6.07) is 4.80. The number of alkyl halides is 3. The fourth-order valence-electron chi connectivity index (χ4n) is 2.19. The molecule has 0 fully saturated rings. The number of aliphatic imine (C=N–C) groups is 1. The molecular weight excluding hydrogens is 331 g/mol. The fraction of sp³-hybridized carbons (Fsp3) is 0.294. The number of rotatable bonds is 8. The predicted octanol–water partition coefficient (Wildman–Crippen LogP) is 3.80. The van der Waals surface area contributed by atoms with Crippen LogP contribution in [-0.2, 0) is 12.7 Å². The van der Waals surface area contributed by atoms with E-state index >= 15 is 0 Å². The van der Waals surface area contributed by atoms with Crippen LogP contribution >= 0.6 is 0 Å². The highest BCUT2D eigenvalue weighted by Gasteiger charge is 2.29. The zero-order valence-corrected chi connectivity index (χ0v) is 13.8. The molecule has 0 saturated carbocycles. The first kappa shape index (κ1) is 18.6. The molecule has 8 heteroatoms. The summed E-state index contributed by atoms with van der Waals surface area (Å²) in [5.41, 5.74) is 0.808. The largest absolute Gasteiger partial charge is 0.416 e. The highest BCUT2D eigenvalue weighted by atomic mass is 19.4. The third-order valence-corrected chi connectivity index (χ3v) is 3.38. The average Bonchev–Trinajstić information content (AvgIpc) is 2.97. The van der Waals surface area contributed by atoms with E-state index in [0.717, 1.165) is 30.8 Å². The second-order valence-corrected chi connectivity index (χ2v) is 5.46. The summed E-state index contributed by atoms with van der Waals surface area (Å²) in [6.07, 6.45) is 1.72. The van der Waals surface area contributed by atoms with Crippen molar-refractivity contribution in [2.45, 2.75) is 26.1 Å². The first-order valence-corrected chi connectivity index (χ1v) is 7.71. The van der Waals surface area contributed by atoms with E-state index < -0.39 is 11.7 Å². The Morgan fingerprint density at radius 3 is 2.60 bits per heavy atom. The van der Waals surface area contributed by atoms with Gasteiger partial charge in [0.25, 0.3) is 0 Å². The minimum absolute atomic E-state index is 0.528. The van der Waals surface area contributed by atoms with Gasteiger partial charge in [-0.3, -0.25) is 4.99 Å². The molecule has 0 aliphatic carbocycles. The van der Waals surface area contributed by atoms with Crippen molar-refractivity contribution in [3.63, 3.8) is 0 Å². The summed E-state index contributed by atoms with van der Waals surface area (Å²) in [6.45, 7) is 6.80. The first-order valence-electron chi connectivity index (χ1n) is 7.71. The Hall–Kier alpha value is -2.77. The fourth-order valence-corrected chi connectivity index (χ4v) is 2.19. The van der Waals surface area contributed by atoms with Crippen LogP contribution in [0.2, 0.25) is 0 Å². The van der Waals surface area contributed by atoms with E-state index in [0.29, 0.717) is 18.1 Å². The molecule has 0 amide bonds. The van der Waals surface area contributed by atoms with Crippen molar-refractivity contribution in [1.82, 2.24) is 14.9 Å². The van der Waals surface area contributed by atoms with E-state index in [9.17, 15) is 13.2 Å². The van der Waals surface area contributed by atoms with Crippen molar-refractivity contribution in [2.24, 2.45) is 4.99 Å². The smallest absolute Gasteiger partial charge is 0.370 e.